The summed E-state index contributed by atoms with van der Waals surface area (Å²) in [6, 6.07) is 10.5. The monoisotopic (exact) mass is 431 g/mol. The Kier molecular flexibility index (Phi) is 6.06. The van der Waals surface area contributed by atoms with E-state index in [1.54, 1.807) is 12.1 Å². The van der Waals surface area contributed by atoms with Crippen LogP contribution in [0.15, 0.2) is 42.5 Å². The summed E-state index contributed by atoms with van der Waals surface area (Å²) in [5.41, 5.74) is 5.48. The van der Waals surface area contributed by atoms with Crippen LogP contribution in [0, 0.1) is 18.3 Å². The van der Waals surface area contributed by atoms with Gasteiger partial charge in [-0.2, -0.15) is 18.4 Å². The number of hydrogen-bond donors (Lipinski definition) is 2. The SMILES string of the molecule is Cc1ccccc1NC(=O)N1CCN(c2ccc(C#N)c(C(F)(F)F)c2)C(C(N)=O)C1. The molecule has 162 valence electrons. The molecule has 0 bridgehead atoms. The molecule has 31 heavy (non-hydrogen) atoms. The summed E-state index contributed by atoms with van der Waals surface area (Å²) in [6.45, 7) is 2.01. The number of para-hydroxylation sites is 1. The average molecular weight is 431 g/mol. The van der Waals surface area contributed by atoms with Gasteiger partial charge in [-0.3, -0.25) is 4.79 Å². The largest absolute Gasteiger partial charge is 0.417 e. The number of nitriles is 1. The number of rotatable bonds is 3. The van der Waals surface area contributed by atoms with Crippen molar-refractivity contribution in [3.63, 3.8) is 0 Å². The van der Waals surface area contributed by atoms with Crippen molar-refractivity contribution in [3.8, 4) is 6.07 Å². The van der Waals surface area contributed by atoms with Crippen molar-refractivity contribution in [3.05, 3.63) is 59.2 Å². The van der Waals surface area contributed by atoms with E-state index in [0.29, 0.717) is 5.69 Å². The maximum absolute atomic E-state index is 13.3. The van der Waals surface area contributed by atoms with E-state index < -0.39 is 35.3 Å². The van der Waals surface area contributed by atoms with Crippen LogP contribution in [0.2, 0.25) is 0 Å². The van der Waals surface area contributed by atoms with Crippen LogP contribution >= 0.6 is 0 Å². The highest BCUT2D eigenvalue weighted by atomic mass is 19.4. The summed E-state index contributed by atoms with van der Waals surface area (Å²) in [5.74, 6) is -0.772. The fourth-order valence-electron chi connectivity index (χ4n) is 3.47. The molecule has 1 aliphatic rings. The van der Waals surface area contributed by atoms with E-state index in [-0.39, 0.29) is 25.3 Å². The molecule has 3 amide bonds. The molecule has 3 rings (SSSR count). The number of carbonyl (C=O) groups excluding carboxylic acids is 2. The molecular weight excluding hydrogens is 411 g/mol. The summed E-state index contributed by atoms with van der Waals surface area (Å²) in [5, 5.41) is 11.7. The van der Waals surface area contributed by atoms with Crippen LogP contribution in [0.25, 0.3) is 0 Å². The Labute approximate surface area is 176 Å². The molecule has 0 radical (unpaired) electrons. The zero-order chi connectivity index (χ0) is 22.8. The number of anilines is 2. The first-order valence-corrected chi connectivity index (χ1v) is 9.40. The van der Waals surface area contributed by atoms with Gasteiger partial charge < -0.3 is 20.9 Å². The molecule has 0 aliphatic carbocycles. The summed E-state index contributed by atoms with van der Waals surface area (Å²) >= 11 is 0. The number of piperazine rings is 1. The lowest BCUT2D eigenvalue weighted by atomic mass is 10.0. The molecule has 0 spiro atoms. The maximum Gasteiger partial charge on any atom is 0.417 e. The van der Waals surface area contributed by atoms with Crippen molar-refractivity contribution in [2.24, 2.45) is 5.73 Å². The molecular formula is C21H20F3N5O2. The molecule has 2 aromatic carbocycles. The van der Waals surface area contributed by atoms with Crippen LogP contribution < -0.4 is 16.0 Å². The van der Waals surface area contributed by atoms with Gasteiger partial charge in [0.2, 0.25) is 5.91 Å². The number of halogens is 3. The number of hydrogen-bond acceptors (Lipinski definition) is 4. The number of nitrogens with two attached hydrogens (primary N) is 1. The first-order chi connectivity index (χ1) is 14.6. The van der Waals surface area contributed by atoms with Crippen molar-refractivity contribution in [2.75, 3.05) is 29.9 Å². The molecule has 1 atom stereocenters. The van der Waals surface area contributed by atoms with E-state index in [1.807, 2.05) is 19.1 Å². The van der Waals surface area contributed by atoms with Gasteiger partial charge in [-0.25, -0.2) is 4.79 Å². The summed E-state index contributed by atoms with van der Waals surface area (Å²) in [6.07, 6.45) is -4.72. The fraction of sp³-hybridized carbons (Fsp3) is 0.286. The Bertz CT molecular complexity index is 1050. The minimum atomic E-state index is -4.72. The van der Waals surface area contributed by atoms with Crippen LogP contribution in [0.1, 0.15) is 16.7 Å². The molecule has 7 nitrogen and oxygen atoms in total. The number of primary amides is 1. The van der Waals surface area contributed by atoms with E-state index in [0.717, 1.165) is 17.7 Å². The van der Waals surface area contributed by atoms with Gasteiger partial charge in [0, 0.05) is 24.5 Å². The van der Waals surface area contributed by atoms with Gasteiger partial charge in [0.15, 0.2) is 0 Å². The number of alkyl halides is 3. The minimum Gasteiger partial charge on any atom is -0.368 e. The fourth-order valence-corrected chi connectivity index (χ4v) is 3.47. The molecule has 1 unspecified atom stereocenters. The zero-order valence-corrected chi connectivity index (χ0v) is 16.6. The lowest BCUT2D eigenvalue weighted by Gasteiger charge is -2.41. The lowest BCUT2D eigenvalue weighted by Crippen LogP contribution is -2.60. The smallest absolute Gasteiger partial charge is 0.368 e. The highest BCUT2D eigenvalue weighted by molar-refractivity contribution is 5.92. The second-order valence-corrected chi connectivity index (χ2v) is 7.14. The molecule has 0 saturated carbocycles. The number of carbonyl (C=O) groups is 2. The van der Waals surface area contributed by atoms with Crippen molar-refractivity contribution in [1.82, 2.24) is 4.90 Å². The molecule has 1 saturated heterocycles. The maximum atomic E-state index is 13.3. The first kappa shape index (κ1) is 22.0. The zero-order valence-electron chi connectivity index (χ0n) is 16.6. The van der Waals surface area contributed by atoms with Crippen molar-refractivity contribution in [1.29, 1.82) is 5.26 Å². The first-order valence-electron chi connectivity index (χ1n) is 9.40. The summed E-state index contributed by atoms with van der Waals surface area (Å²) < 4.78 is 40.0. The number of nitrogens with zero attached hydrogens (tertiary/aromatic N) is 3. The number of urea groups is 1. The van der Waals surface area contributed by atoms with Gasteiger partial charge in [-0.15, -0.1) is 0 Å². The second-order valence-electron chi connectivity index (χ2n) is 7.14. The van der Waals surface area contributed by atoms with E-state index in [4.69, 9.17) is 11.0 Å². The van der Waals surface area contributed by atoms with Gasteiger partial charge in [-0.05, 0) is 36.8 Å². The molecule has 2 aromatic rings. The van der Waals surface area contributed by atoms with Gasteiger partial charge >= 0.3 is 12.2 Å². The topological polar surface area (TPSA) is 102 Å². The van der Waals surface area contributed by atoms with Gasteiger partial charge in [0.1, 0.15) is 6.04 Å². The summed E-state index contributed by atoms with van der Waals surface area (Å²) in [7, 11) is 0. The van der Waals surface area contributed by atoms with Crippen molar-refractivity contribution in [2.45, 2.75) is 19.1 Å². The Balaban J connectivity index is 1.83. The average Bonchev–Trinajstić information content (AvgIpc) is 2.73. The van der Waals surface area contributed by atoms with Gasteiger partial charge in [0.25, 0.3) is 0 Å². The molecule has 1 fully saturated rings. The van der Waals surface area contributed by atoms with E-state index >= 15 is 0 Å². The number of benzene rings is 2. The number of amides is 3. The minimum absolute atomic E-state index is 0.0889. The van der Waals surface area contributed by atoms with E-state index in [1.165, 1.54) is 21.9 Å². The molecule has 0 aromatic heterocycles. The predicted octanol–water partition coefficient (Wildman–Crippen LogP) is 3.09. The van der Waals surface area contributed by atoms with E-state index in [2.05, 4.69) is 5.32 Å². The van der Waals surface area contributed by atoms with Crippen LogP contribution in [0.4, 0.5) is 29.3 Å². The Hall–Kier alpha value is -3.74. The van der Waals surface area contributed by atoms with Gasteiger partial charge in [0.05, 0.1) is 23.7 Å². The van der Waals surface area contributed by atoms with Crippen molar-refractivity contribution >= 4 is 23.3 Å². The number of nitrogens with one attached hydrogen (secondary N) is 1. The lowest BCUT2D eigenvalue weighted by molar-refractivity contribution is -0.137. The highest BCUT2D eigenvalue weighted by Gasteiger charge is 2.37. The molecule has 3 N–H and O–H groups in total. The Morgan fingerprint density at radius 2 is 1.90 bits per heavy atom. The van der Waals surface area contributed by atoms with Crippen LogP contribution in [0.3, 0.4) is 0 Å². The Morgan fingerprint density at radius 1 is 1.19 bits per heavy atom. The predicted molar refractivity (Wildman–Crippen MR) is 108 cm³/mol. The molecule has 10 heteroatoms. The summed E-state index contributed by atoms with van der Waals surface area (Å²) in [4.78, 5) is 27.6. The normalized spacial score (nSPS) is 16.5. The standard InChI is InChI=1S/C21H20F3N5O2/c1-13-4-2-3-5-17(13)27-20(31)28-8-9-29(18(12-28)19(26)30)15-7-6-14(11-25)16(10-15)21(22,23)24/h2-7,10,18H,8-9,12H2,1H3,(H2,26,30)(H,27,31). The quantitative estimate of drug-likeness (QED) is 0.780. The third-order valence-corrected chi connectivity index (χ3v) is 5.14. The Morgan fingerprint density at radius 3 is 2.52 bits per heavy atom. The molecule has 1 heterocycles. The van der Waals surface area contributed by atoms with E-state index in [9.17, 15) is 22.8 Å². The highest BCUT2D eigenvalue weighted by Crippen LogP contribution is 2.35. The third kappa shape index (κ3) is 4.71. The van der Waals surface area contributed by atoms with Gasteiger partial charge in [-0.1, -0.05) is 18.2 Å². The number of aryl methyl sites for hydroxylation is 1. The third-order valence-electron chi connectivity index (χ3n) is 5.14. The van der Waals surface area contributed by atoms with Crippen LogP contribution in [-0.2, 0) is 11.0 Å². The van der Waals surface area contributed by atoms with Crippen LogP contribution in [0.5, 0.6) is 0 Å². The van der Waals surface area contributed by atoms with Crippen molar-refractivity contribution < 1.29 is 22.8 Å². The van der Waals surface area contributed by atoms with Crippen LogP contribution in [-0.4, -0.2) is 42.5 Å². The molecule has 1 aliphatic heterocycles. The second kappa shape index (κ2) is 8.55.